The van der Waals surface area contributed by atoms with E-state index in [0.29, 0.717) is 15.1 Å². The van der Waals surface area contributed by atoms with Crippen LogP contribution in [0.2, 0.25) is 5.02 Å². The summed E-state index contributed by atoms with van der Waals surface area (Å²) >= 11 is 7.20. The molecular weight excluding hydrogens is 320 g/mol. The largest absolute Gasteiger partial charge is 0.465 e. The Morgan fingerprint density at radius 3 is 2.95 bits per heavy atom. The van der Waals surface area contributed by atoms with Gasteiger partial charge in [-0.15, -0.1) is 0 Å². The third kappa shape index (κ3) is 3.69. The van der Waals surface area contributed by atoms with E-state index >= 15 is 0 Å². The number of allylic oxidation sites excluding steroid dienone is 2. The number of thioether (sulfide) groups is 1. The van der Waals surface area contributed by atoms with Crippen LogP contribution in [0.5, 0.6) is 0 Å². The zero-order chi connectivity index (χ0) is 15.4. The smallest absolute Gasteiger partial charge is 0.286 e. The predicted molar refractivity (Wildman–Crippen MR) is 90.9 cm³/mol. The van der Waals surface area contributed by atoms with Crippen molar-refractivity contribution in [2.24, 2.45) is 4.99 Å². The van der Waals surface area contributed by atoms with E-state index in [1.165, 1.54) is 11.8 Å². The lowest BCUT2D eigenvalue weighted by molar-refractivity contribution is -0.113. The molecule has 0 atom stereocenters. The average molecular weight is 331 g/mol. The van der Waals surface area contributed by atoms with Gasteiger partial charge in [-0.1, -0.05) is 23.7 Å². The van der Waals surface area contributed by atoms with Crippen molar-refractivity contribution in [1.29, 1.82) is 0 Å². The van der Waals surface area contributed by atoms with Gasteiger partial charge in [-0.25, -0.2) is 0 Å². The van der Waals surface area contributed by atoms with Crippen molar-refractivity contribution >= 4 is 46.2 Å². The predicted octanol–water partition coefficient (Wildman–Crippen LogP) is 4.57. The van der Waals surface area contributed by atoms with Crippen LogP contribution >= 0.6 is 23.4 Å². The van der Waals surface area contributed by atoms with Gasteiger partial charge in [0, 0.05) is 10.7 Å². The number of amidine groups is 1. The summed E-state index contributed by atoms with van der Waals surface area (Å²) in [6.07, 6.45) is 6.85. The number of anilines is 1. The van der Waals surface area contributed by atoms with Gasteiger partial charge in [0.25, 0.3) is 5.91 Å². The summed E-state index contributed by atoms with van der Waals surface area (Å²) in [5.74, 6) is 0.462. The SMILES string of the molecule is O=C1N=C(Nc2cccc(Cl)c2)S/C1=C\C=C\c1ccco1. The van der Waals surface area contributed by atoms with E-state index in [1.54, 1.807) is 42.7 Å². The quantitative estimate of drug-likeness (QED) is 0.837. The van der Waals surface area contributed by atoms with Gasteiger partial charge in [0.2, 0.25) is 0 Å². The molecule has 0 fully saturated rings. The molecule has 0 saturated carbocycles. The van der Waals surface area contributed by atoms with Gasteiger partial charge in [-0.2, -0.15) is 4.99 Å². The average Bonchev–Trinajstić information content (AvgIpc) is 3.10. The van der Waals surface area contributed by atoms with Crippen LogP contribution in [0.15, 0.2) is 69.1 Å². The number of hydrogen-bond donors (Lipinski definition) is 1. The van der Waals surface area contributed by atoms with Crippen molar-refractivity contribution in [3.8, 4) is 0 Å². The van der Waals surface area contributed by atoms with Crippen molar-refractivity contribution < 1.29 is 9.21 Å². The molecule has 1 aromatic carbocycles. The number of amides is 1. The van der Waals surface area contributed by atoms with E-state index in [-0.39, 0.29) is 5.91 Å². The van der Waals surface area contributed by atoms with E-state index in [2.05, 4.69) is 10.3 Å². The Bertz CT molecular complexity index is 779. The Hall–Kier alpha value is -2.24. The fourth-order valence-electron chi connectivity index (χ4n) is 1.78. The molecule has 1 amide bonds. The summed E-state index contributed by atoms with van der Waals surface area (Å²) in [5, 5.41) is 4.22. The van der Waals surface area contributed by atoms with Crippen LogP contribution < -0.4 is 5.32 Å². The van der Waals surface area contributed by atoms with Crippen molar-refractivity contribution in [3.63, 3.8) is 0 Å². The fraction of sp³-hybridized carbons (Fsp3) is 0. The number of carbonyl (C=O) groups excluding carboxylic acids is 1. The standard InChI is InChI=1S/C16H11ClN2O2S/c17-11-4-1-5-12(10-11)18-16-19-15(20)14(22-16)8-2-6-13-7-3-9-21-13/h1-10H,(H,18,19,20)/b6-2+,14-8-. The minimum atomic E-state index is -0.265. The Balaban J connectivity index is 1.65. The van der Waals surface area contributed by atoms with E-state index in [9.17, 15) is 4.79 Å². The molecule has 1 N–H and O–H groups in total. The second kappa shape index (κ2) is 6.68. The summed E-state index contributed by atoms with van der Waals surface area (Å²) in [6.45, 7) is 0. The molecule has 2 heterocycles. The third-order valence-electron chi connectivity index (χ3n) is 2.75. The highest BCUT2D eigenvalue weighted by atomic mass is 35.5. The highest BCUT2D eigenvalue weighted by Gasteiger charge is 2.21. The molecule has 2 aromatic rings. The summed E-state index contributed by atoms with van der Waals surface area (Å²) in [4.78, 5) is 16.4. The summed E-state index contributed by atoms with van der Waals surface area (Å²) in [7, 11) is 0. The lowest BCUT2D eigenvalue weighted by Gasteiger charge is -2.04. The van der Waals surface area contributed by atoms with Gasteiger partial charge in [0.05, 0.1) is 11.2 Å². The highest BCUT2D eigenvalue weighted by molar-refractivity contribution is 8.18. The normalized spacial score (nSPS) is 16.5. The number of nitrogens with zero attached hydrogens (tertiary/aromatic N) is 1. The third-order valence-corrected chi connectivity index (χ3v) is 3.90. The number of carbonyl (C=O) groups is 1. The molecule has 1 aromatic heterocycles. The molecule has 6 heteroatoms. The van der Waals surface area contributed by atoms with Crippen LogP contribution in [0.4, 0.5) is 5.69 Å². The number of aliphatic imine (C=N–C) groups is 1. The number of furan rings is 1. The molecular formula is C16H11ClN2O2S. The monoisotopic (exact) mass is 330 g/mol. The second-order valence-corrected chi connectivity index (χ2v) is 5.83. The zero-order valence-corrected chi connectivity index (χ0v) is 12.9. The minimum Gasteiger partial charge on any atom is -0.465 e. The molecule has 0 bridgehead atoms. The summed E-state index contributed by atoms with van der Waals surface area (Å²) in [6, 6.07) is 10.9. The van der Waals surface area contributed by atoms with Crippen molar-refractivity contribution in [2.45, 2.75) is 0 Å². The van der Waals surface area contributed by atoms with Crippen molar-refractivity contribution in [3.05, 3.63) is 70.5 Å². The molecule has 3 rings (SSSR count). The Labute approximate surface area is 136 Å². The van der Waals surface area contributed by atoms with Crippen LogP contribution in [0.25, 0.3) is 6.08 Å². The maximum absolute atomic E-state index is 11.8. The number of hydrogen-bond acceptors (Lipinski definition) is 4. The molecule has 22 heavy (non-hydrogen) atoms. The topological polar surface area (TPSA) is 54.6 Å². The first-order valence-corrected chi connectivity index (χ1v) is 7.65. The van der Waals surface area contributed by atoms with Crippen LogP contribution in [0, 0.1) is 0 Å². The number of nitrogens with one attached hydrogen (secondary N) is 1. The molecule has 0 radical (unpaired) electrons. The van der Waals surface area contributed by atoms with Gasteiger partial charge in [0.15, 0.2) is 5.17 Å². The van der Waals surface area contributed by atoms with Gasteiger partial charge >= 0.3 is 0 Å². The van der Waals surface area contributed by atoms with Gasteiger partial charge in [-0.3, -0.25) is 4.79 Å². The van der Waals surface area contributed by atoms with E-state index in [4.69, 9.17) is 16.0 Å². The van der Waals surface area contributed by atoms with Gasteiger partial charge in [0.1, 0.15) is 5.76 Å². The van der Waals surface area contributed by atoms with Crippen LogP contribution in [-0.4, -0.2) is 11.1 Å². The maximum Gasteiger partial charge on any atom is 0.286 e. The van der Waals surface area contributed by atoms with Crippen LogP contribution in [0.3, 0.4) is 0 Å². The van der Waals surface area contributed by atoms with Crippen LogP contribution in [-0.2, 0) is 4.79 Å². The summed E-state index contributed by atoms with van der Waals surface area (Å²) < 4.78 is 5.18. The lowest BCUT2D eigenvalue weighted by atomic mass is 10.3. The van der Waals surface area contributed by atoms with Gasteiger partial charge < -0.3 is 9.73 Å². The first-order chi connectivity index (χ1) is 10.7. The van der Waals surface area contributed by atoms with Crippen LogP contribution in [0.1, 0.15) is 5.76 Å². The van der Waals surface area contributed by atoms with E-state index < -0.39 is 0 Å². The Morgan fingerprint density at radius 1 is 1.27 bits per heavy atom. The number of benzene rings is 1. The summed E-state index contributed by atoms with van der Waals surface area (Å²) in [5.41, 5.74) is 0.791. The molecule has 1 aliphatic rings. The first-order valence-electron chi connectivity index (χ1n) is 6.46. The number of rotatable bonds is 3. The lowest BCUT2D eigenvalue weighted by Crippen LogP contribution is -2.04. The molecule has 110 valence electrons. The fourth-order valence-corrected chi connectivity index (χ4v) is 2.76. The van der Waals surface area contributed by atoms with Gasteiger partial charge in [-0.05, 0) is 54.2 Å². The van der Waals surface area contributed by atoms with E-state index in [0.717, 1.165) is 11.4 Å². The molecule has 0 spiro atoms. The van der Waals surface area contributed by atoms with E-state index in [1.807, 2.05) is 18.2 Å². The van der Waals surface area contributed by atoms with Crippen molar-refractivity contribution in [1.82, 2.24) is 0 Å². The Kier molecular flexibility index (Phi) is 4.46. The number of halogens is 1. The first kappa shape index (κ1) is 14.7. The minimum absolute atomic E-state index is 0.265. The second-order valence-electron chi connectivity index (χ2n) is 4.36. The zero-order valence-electron chi connectivity index (χ0n) is 11.3. The Morgan fingerprint density at radius 2 is 2.18 bits per heavy atom. The highest BCUT2D eigenvalue weighted by Crippen LogP contribution is 2.28. The molecule has 1 aliphatic heterocycles. The molecule has 0 unspecified atom stereocenters. The maximum atomic E-state index is 11.8. The molecule has 0 saturated heterocycles. The van der Waals surface area contributed by atoms with Crippen molar-refractivity contribution in [2.75, 3.05) is 5.32 Å². The molecule has 4 nitrogen and oxygen atoms in total. The molecule has 0 aliphatic carbocycles.